The molecule has 8 nitrogen and oxygen atoms in total. The molecule has 9 heteroatoms. The summed E-state index contributed by atoms with van der Waals surface area (Å²) in [6.45, 7) is 0. The number of rotatable bonds is 4. The summed E-state index contributed by atoms with van der Waals surface area (Å²) < 4.78 is 10.2. The fraction of sp³-hybridized carbons (Fsp3) is 0.125. The molecule has 0 aromatic heterocycles. The zero-order chi connectivity index (χ0) is 18.6. The average molecular weight is 456 g/mol. The van der Waals surface area contributed by atoms with E-state index < -0.39 is 16.9 Å². The lowest BCUT2D eigenvalue weighted by Crippen LogP contribution is -2.27. The van der Waals surface area contributed by atoms with E-state index >= 15 is 0 Å². The van der Waals surface area contributed by atoms with Crippen molar-refractivity contribution in [1.29, 1.82) is 0 Å². The smallest absolute Gasteiger partial charge is 0.355 e. The van der Waals surface area contributed by atoms with Crippen LogP contribution < -0.4 is 4.90 Å². The maximum Gasteiger partial charge on any atom is 0.355 e. The molecular formula is C16H13IN2O6. The SMILES string of the molecule is COC(=O)C1=C(C(=O)OC)N(c2cc([N+](=O)[O-])ccc2I)C=CC=C1. The molecule has 0 unspecified atom stereocenters. The summed E-state index contributed by atoms with van der Waals surface area (Å²) in [6.07, 6.45) is 6.08. The molecule has 0 atom stereocenters. The molecule has 0 radical (unpaired) electrons. The van der Waals surface area contributed by atoms with Crippen LogP contribution >= 0.6 is 22.6 Å². The van der Waals surface area contributed by atoms with E-state index in [1.807, 2.05) is 22.6 Å². The van der Waals surface area contributed by atoms with Crippen molar-refractivity contribution in [2.45, 2.75) is 0 Å². The quantitative estimate of drug-likeness (QED) is 0.297. The Hall–Kier alpha value is -2.69. The average Bonchev–Trinajstić information content (AvgIpc) is 2.83. The lowest BCUT2D eigenvalue weighted by molar-refractivity contribution is -0.384. The molecule has 1 heterocycles. The maximum atomic E-state index is 12.3. The summed E-state index contributed by atoms with van der Waals surface area (Å²) in [5.74, 6) is -1.51. The molecule has 0 amide bonds. The molecule has 0 spiro atoms. The Bertz CT molecular complexity index is 828. The first kappa shape index (κ1) is 18.6. The van der Waals surface area contributed by atoms with Crippen molar-refractivity contribution in [2.24, 2.45) is 0 Å². The number of carbonyl (C=O) groups excluding carboxylic acids is 2. The molecule has 0 saturated heterocycles. The number of nitrogens with zero attached hydrogens (tertiary/aromatic N) is 2. The van der Waals surface area contributed by atoms with Crippen molar-refractivity contribution in [3.8, 4) is 0 Å². The van der Waals surface area contributed by atoms with E-state index in [-0.39, 0.29) is 17.0 Å². The number of nitro benzene ring substituents is 1. The van der Waals surface area contributed by atoms with E-state index in [1.165, 1.54) is 43.5 Å². The van der Waals surface area contributed by atoms with Gasteiger partial charge in [0, 0.05) is 21.9 Å². The largest absolute Gasteiger partial charge is 0.465 e. The third-order valence-corrected chi connectivity index (χ3v) is 4.20. The number of nitro groups is 1. The molecule has 0 N–H and O–H groups in total. The minimum Gasteiger partial charge on any atom is -0.465 e. The van der Waals surface area contributed by atoms with Gasteiger partial charge >= 0.3 is 11.9 Å². The Morgan fingerprint density at radius 1 is 1.16 bits per heavy atom. The molecule has 0 fully saturated rings. The molecule has 0 saturated carbocycles. The Morgan fingerprint density at radius 2 is 1.84 bits per heavy atom. The normalized spacial score (nSPS) is 13.5. The third kappa shape index (κ3) is 3.87. The first-order chi connectivity index (χ1) is 11.9. The molecule has 130 valence electrons. The summed E-state index contributed by atoms with van der Waals surface area (Å²) in [5.41, 5.74) is 0.0841. The van der Waals surface area contributed by atoms with E-state index in [4.69, 9.17) is 9.47 Å². The molecule has 1 aromatic carbocycles. The highest BCUT2D eigenvalue weighted by molar-refractivity contribution is 14.1. The van der Waals surface area contributed by atoms with Crippen molar-refractivity contribution in [3.05, 3.63) is 67.6 Å². The van der Waals surface area contributed by atoms with Crippen LogP contribution in [0.3, 0.4) is 0 Å². The zero-order valence-corrected chi connectivity index (χ0v) is 15.4. The zero-order valence-electron chi connectivity index (χ0n) is 13.3. The number of allylic oxidation sites excluding steroid dienone is 2. The molecule has 1 aromatic rings. The summed E-state index contributed by atoms with van der Waals surface area (Å²) in [5, 5.41) is 11.1. The number of methoxy groups -OCH3 is 2. The van der Waals surface area contributed by atoms with Crippen molar-refractivity contribution in [2.75, 3.05) is 19.1 Å². The van der Waals surface area contributed by atoms with E-state index in [0.717, 1.165) is 0 Å². The van der Waals surface area contributed by atoms with Crippen LogP contribution in [0.25, 0.3) is 0 Å². The topological polar surface area (TPSA) is 99.0 Å². The summed E-state index contributed by atoms with van der Waals surface area (Å²) >= 11 is 1.99. The second-order valence-electron chi connectivity index (χ2n) is 4.71. The van der Waals surface area contributed by atoms with Gasteiger partial charge in [0.1, 0.15) is 5.70 Å². The van der Waals surface area contributed by atoms with Crippen LogP contribution in [0.2, 0.25) is 0 Å². The van der Waals surface area contributed by atoms with Gasteiger partial charge in [-0.25, -0.2) is 9.59 Å². The number of carbonyl (C=O) groups is 2. The summed E-state index contributed by atoms with van der Waals surface area (Å²) in [7, 11) is 2.37. The highest BCUT2D eigenvalue weighted by Crippen LogP contribution is 2.32. The van der Waals surface area contributed by atoms with E-state index in [0.29, 0.717) is 9.26 Å². The standard InChI is InChI=1S/C16H13IN2O6/c1-24-15(20)11-5-3-4-8-18(14(11)16(21)25-2)13-9-10(19(22)23)6-7-12(13)17/h3-9H,1-2H3. The highest BCUT2D eigenvalue weighted by atomic mass is 127. The summed E-state index contributed by atoms with van der Waals surface area (Å²) in [6, 6.07) is 4.22. The third-order valence-electron chi connectivity index (χ3n) is 3.29. The lowest BCUT2D eigenvalue weighted by Gasteiger charge is -2.23. The number of hydrogen-bond donors (Lipinski definition) is 0. The van der Waals surface area contributed by atoms with Gasteiger partial charge in [0.05, 0.1) is 30.4 Å². The van der Waals surface area contributed by atoms with E-state index in [2.05, 4.69) is 0 Å². The minimum atomic E-state index is -0.779. The van der Waals surface area contributed by atoms with Gasteiger partial charge in [-0.2, -0.15) is 0 Å². The number of anilines is 1. The van der Waals surface area contributed by atoms with Crippen LogP contribution in [0.1, 0.15) is 0 Å². The maximum absolute atomic E-state index is 12.3. The Balaban J connectivity index is 2.73. The van der Waals surface area contributed by atoms with Gasteiger partial charge in [-0.1, -0.05) is 6.08 Å². The van der Waals surface area contributed by atoms with Gasteiger partial charge in [-0.15, -0.1) is 0 Å². The van der Waals surface area contributed by atoms with Crippen LogP contribution in [0.15, 0.2) is 53.9 Å². The Morgan fingerprint density at radius 3 is 2.44 bits per heavy atom. The van der Waals surface area contributed by atoms with Crippen molar-refractivity contribution in [1.82, 2.24) is 0 Å². The molecular weight excluding hydrogens is 443 g/mol. The van der Waals surface area contributed by atoms with Gasteiger partial charge in [-0.05, 0) is 40.8 Å². The fourth-order valence-electron chi connectivity index (χ4n) is 2.15. The number of hydrogen-bond acceptors (Lipinski definition) is 7. The first-order valence-electron chi connectivity index (χ1n) is 6.89. The lowest BCUT2D eigenvalue weighted by atomic mass is 10.1. The predicted octanol–water partition coefficient (Wildman–Crippen LogP) is 2.69. The number of halogens is 1. The molecule has 0 bridgehead atoms. The van der Waals surface area contributed by atoms with Crippen LogP contribution in [0, 0.1) is 13.7 Å². The van der Waals surface area contributed by atoms with Crippen molar-refractivity contribution < 1.29 is 24.0 Å². The predicted molar refractivity (Wildman–Crippen MR) is 97.6 cm³/mol. The van der Waals surface area contributed by atoms with Gasteiger partial charge in [0.15, 0.2) is 0 Å². The number of non-ortho nitro benzene ring substituents is 1. The first-order valence-corrected chi connectivity index (χ1v) is 7.97. The van der Waals surface area contributed by atoms with Gasteiger partial charge in [0.2, 0.25) is 0 Å². The minimum absolute atomic E-state index is 0.0262. The van der Waals surface area contributed by atoms with Crippen LogP contribution in [-0.4, -0.2) is 31.1 Å². The second-order valence-corrected chi connectivity index (χ2v) is 5.87. The number of ether oxygens (including phenoxy) is 2. The Kier molecular flexibility index (Phi) is 5.91. The molecule has 25 heavy (non-hydrogen) atoms. The Labute approximate surface area is 156 Å². The van der Waals surface area contributed by atoms with Gasteiger partial charge < -0.3 is 14.4 Å². The van der Waals surface area contributed by atoms with Crippen LogP contribution in [0.5, 0.6) is 0 Å². The van der Waals surface area contributed by atoms with E-state index in [9.17, 15) is 19.7 Å². The molecule has 1 aliphatic rings. The van der Waals surface area contributed by atoms with Crippen molar-refractivity contribution in [3.63, 3.8) is 0 Å². The van der Waals surface area contributed by atoms with Gasteiger partial charge in [-0.3, -0.25) is 10.1 Å². The van der Waals surface area contributed by atoms with Crippen LogP contribution in [0.4, 0.5) is 11.4 Å². The van der Waals surface area contributed by atoms with Crippen molar-refractivity contribution >= 4 is 45.9 Å². The number of esters is 2. The monoisotopic (exact) mass is 456 g/mol. The second kappa shape index (κ2) is 7.92. The molecule has 0 aliphatic carbocycles. The fourth-order valence-corrected chi connectivity index (χ4v) is 2.75. The molecule has 2 rings (SSSR count). The summed E-state index contributed by atoms with van der Waals surface area (Å²) in [4.78, 5) is 36.3. The van der Waals surface area contributed by atoms with Gasteiger partial charge in [0.25, 0.3) is 5.69 Å². The number of benzene rings is 1. The van der Waals surface area contributed by atoms with E-state index in [1.54, 1.807) is 18.2 Å². The highest BCUT2D eigenvalue weighted by Gasteiger charge is 2.29. The molecule has 1 aliphatic heterocycles. The van der Waals surface area contributed by atoms with Crippen LogP contribution in [-0.2, 0) is 19.1 Å².